The van der Waals surface area contributed by atoms with Crippen molar-refractivity contribution >= 4 is 63.1 Å². The van der Waals surface area contributed by atoms with Crippen LogP contribution in [0.15, 0.2) is 121 Å². The lowest BCUT2D eigenvalue weighted by Crippen LogP contribution is -2.23. The van der Waals surface area contributed by atoms with Crippen LogP contribution in [0.25, 0.3) is 11.1 Å². The largest absolute Gasteiger partial charge is 0.442 e. The lowest BCUT2D eigenvalue weighted by Gasteiger charge is -2.27. The molecule has 0 atom stereocenters. The first kappa shape index (κ1) is 36.6. The summed E-state index contributed by atoms with van der Waals surface area (Å²) in [6.45, 7) is 0. The maximum atomic E-state index is 13.9. The maximum Gasteiger partial charge on any atom is 0.340 e. The summed E-state index contributed by atoms with van der Waals surface area (Å²) in [4.78, 5) is 22.2. The van der Waals surface area contributed by atoms with Gasteiger partial charge in [0.1, 0.15) is 0 Å². The van der Waals surface area contributed by atoms with Gasteiger partial charge in [-0.25, -0.2) is 4.79 Å². The number of benzene rings is 5. The van der Waals surface area contributed by atoms with E-state index < -0.39 is 11.6 Å². The Kier molecular flexibility index (Phi) is 10.4. The molecular weight excluding hydrogens is 687 g/mol. The summed E-state index contributed by atoms with van der Waals surface area (Å²) in [5.74, 6) is -0.475. The molecule has 0 aromatic heterocycles. The van der Waals surface area contributed by atoms with Gasteiger partial charge < -0.3 is 24.3 Å². The number of ether oxygens (including phenoxy) is 1. The quantitative estimate of drug-likeness (QED) is 0.133. The van der Waals surface area contributed by atoms with Crippen LogP contribution in [0.4, 0.5) is 22.7 Å². The predicted molar refractivity (Wildman–Crippen MR) is 221 cm³/mol. The van der Waals surface area contributed by atoms with Crippen LogP contribution in [0.1, 0.15) is 38.2 Å². The number of carbonyl (C=O) groups excluding carboxylic acids is 1. The lowest BCUT2D eigenvalue weighted by atomic mass is 9.83. The molecule has 0 aliphatic carbocycles. The van der Waals surface area contributed by atoms with Gasteiger partial charge in [-0.15, -0.1) is 0 Å². The molecule has 1 heterocycles. The normalized spacial score (nSPS) is 12.8. The Hall–Kier alpha value is -5.17. The molecule has 0 fully saturated rings. The SMILES string of the molecule is CN(C)c1ccc(C(=CC2(C=C(c3ccc(N(C)C)cc3)c3ccc(N(C)C)cc3)OC(=O)c3cc(Cl)c(Cl)cc32)c2ccc(N(C)C)cc2)cc1. The molecule has 1 aliphatic heterocycles. The van der Waals surface area contributed by atoms with Crippen molar-refractivity contribution in [3.05, 3.63) is 165 Å². The highest BCUT2D eigenvalue weighted by atomic mass is 35.5. The first-order chi connectivity index (χ1) is 24.8. The monoisotopic (exact) mass is 730 g/mol. The van der Waals surface area contributed by atoms with Crippen LogP contribution in [0.3, 0.4) is 0 Å². The summed E-state index contributed by atoms with van der Waals surface area (Å²) >= 11 is 13.3. The minimum absolute atomic E-state index is 0.290. The van der Waals surface area contributed by atoms with Crippen LogP contribution in [0.5, 0.6) is 0 Å². The summed E-state index contributed by atoms with van der Waals surface area (Å²) in [5.41, 5.74) is 9.56. The molecule has 5 aromatic carbocycles. The molecule has 6 rings (SSSR count). The van der Waals surface area contributed by atoms with Crippen molar-refractivity contribution in [3.8, 4) is 0 Å². The zero-order valence-corrected chi connectivity index (χ0v) is 32.4. The Balaban J connectivity index is 1.69. The zero-order chi connectivity index (χ0) is 37.3. The van der Waals surface area contributed by atoms with Gasteiger partial charge in [0.2, 0.25) is 0 Å². The molecule has 0 amide bonds. The molecule has 266 valence electrons. The number of nitrogens with zero attached hydrogens (tertiary/aromatic N) is 4. The van der Waals surface area contributed by atoms with Crippen molar-refractivity contribution in [3.63, 3.8) is 0 Å². The van der Waals surface area contributed by atoms with Crippen molar-refractivity contribution < 1.29 is 9.53 Å². The lowest BCUT2D eigenvalue weighted by molar-refractivity contribution is 0.0299. The second kappa shape index (κ2) is 14.8. The predicted octanol–water partition coefficient (Wildman–Crippen LogP) is 9.89. The van der Waals surface area contributed by atoms with E-state index in [1.54, 1.807) is 12.1 Å². The molecule has 1 aliphatic rings. The van der Waals surface area contributed by atoms with E-state index in [0.717, 1.165) is 56.1 Å². The number of fused-ring (bicyclic) bond motifs is 1. The van der Waals surface area contributed by atoms with Crippen LogP contribution in [-0.4, -0.2) is 62.4 Å². The molecule has 0 saturated heterocycles. The highest BCUT2D eigenvalue weighted by Crippen LogP contribution is 2.47. The Morgan fingerprint density at radius 1 is 0.500 bits per heavy atom. The molecule has 8 heteroatoms. The molecule has 0 radical (unpaired) electrons. The fraction of sp³-hybridized carbons (Fsp3) is 0.205. The number of anilines is 4. The number of cyclic esters (lactones) is 1. The molecule has 0 unspecified atom stereocenters. The van der Waals surface area contributed by atoms with E-state index in [1.165, 1.54) is 0 Å². The Bertz CT molecular complexity index is 1910. The number of hydrogen-bond donors (Lipinski definition) is 0. The zero-order valence-electron chi connectivity index (χ0n) is 30.9. The van der Waals surface area contributed by atoms with Gasteiger partial charge in [0.15, 0.2) is 5.60 Å². The number of esters is 1. The summed E-state index contributed by atoms with van der Waals surface area (Å²) in [7, 11) is 16.2. The number of carbonyl (C=O) groups is 1. The van der Waals surface area contributed by atoms with Crippen LogP contribution in [0.2, 0.25) is 10.0 Å². The molecule has 52 heavy (non-hydrogen) atoms. The van der Waals surface area contributed by atoms with Crippen molar-refractivity contribution in [1.29, 1.82) is 0 Å². The Labute approximate surface area is 317 Å². The smallest absolute Gasteiger partial charge is 0.340 e. The minimum Gasteiger partial charge on any atom is -0.442 e. The fourth-order valence-corrected chi connectivity index (χ4v) is 6.74. The summed E-state index contributed by atoms with van der Waals surface area (Å²) in [6.07, 6.45) is 4.11. The number of rotatable bonds is 10. The average Bonchev–Trinajstić information content (AvgIpc) is 3.39. The van der Waals surface area contributed by atoms with E-state index >= 15 is 0 Å². The van der Waals surface area contributed by atoms with Gasteiger partial charge in [0.05, 0.1) is 15.6 Å². The third-order valence-electron chi connectivity index (χ3n) is 9.46. The maximum absolute atomic E-state index is 13.9. The minimum atomic E-state index is -1.37. The van der Waals surface area contributed by atoms with Gasteiger partial charge in [0.25, 0.3) is 0 Å². The highest BCUT2D eigenvalue weighted by Gasteiger charge is 2.44. The second-order valence-electron chi connectivity index (χ2n) is 13.9. The van der Waals surface area contributed by atoms with Gasteiger partial charge >= 0.3 is 5.97 Å². The standard InChI is InChI=1S/C44H44Cl2N4O2/c1-47(2)33-17-9-29(10-18-33)38(30-11-19-34(20-12-30)48(3)4)27-44(40-26-42(46)41(45)25-37(40)43(51)52-44)28-39(31-13-21-35(22-14-31)49(5)6)32-15-23-36(24-16-32)50(7)8/h9-28H,1-8H3. The average molecular weight is 732 g/mol. The van der Waals surface area contributed by atoms with Crippen molar-refractivity contribution in [2.75, 3.05) is 76.0 Å². The topological polar surface area (TPSA) is 39.3 Å². The summed E-state index contributed by atoms with van der Waals surface area (Å²) < 4.78 is 6.58. The van der Waals surface area contributed by atoms with Gasteiger partial charge in [-0.05, 0) is 106 Å². The van der Waals surface area contributed by atoms with Crippen LogP contribution >= 0.6 is 23.2 Å². The number of halogens is 2. The molecule has 0 bridgehead atoms. The van der Waals surface area contributed by atoms with Crippen molar-refractivity contribution in [2.45, 2.75) is 5.60 Å². The van der Waals surface area contributed by atoms with Crippen LogP contribution in [-0.2, 0) is 10.3 Å². The third-order valence-corrected chi connectivity index (χ3v) is 10.2. The van der Waals surface area contributed by atoms with Gasteiger partial charge in [-0.2, -0.15) is 0 Å². The first-order valence-corrected chi connectivity index (χ1v) is 17.8. The van der Waals surface area contributed by atoms with Gasteiger partial charge in [-0.1, -0.05) is 71.7 Å². The van der Waals surface area contributed by atoms with E-state index in [4.69, 9.17) is 27.9 Å². The van der Waals surface area contributed by atoms with E-state index in [0.29, 0.717) is 21.2 Å². The van der Waals surface area contributed by atoms with E-state index in [9.17, 15) is 4.79 Å². The number of hydrogen-bond acceptors (Lipinski definition) is 6. The van der Waals surface area contributed by atoms with Gasteiger partial charge in [-0.3, -0.25) is 0 Å². The van der Waals surface area contributed by atoms with Gasteiger partial charge in [0, 0.05) is 84.7 Å². The summed E-state index contributed by atoms with van der Waals surface area (Å²) in [6, 6.07) is 36.9. The third kappa shape index (κ3) is 7.41. The van der Waals surface area contributed by atoms with Crippen LogP contribution in [0, 0.1) is 0 Å². The molecule has 0 saturated carbocycles. The summed E-state index contributed by atoms with van der Waals surface area (Å²) in [5, 5.41) is 0.628. The molecule has 0 spiro atoms. The van der Waals surface area contributed by atoms with E-state index in [2.05, 4.69) is 129 Å². The first-order valence-electron chi connectivity index (χ1n) is 17.1. The van der Waals surface area contributed by atoms with E-state index in [1.807, 2.05) is 56.4 Å². The molecule has 0 N–H and O–H groups in total. The fourth-order valence-electron chi connectivity index (χ4n) is 6.41. The molecule has 5 aromatic rings. The molecular formula is C44H44Cl2N4O2. The highest BCUT2D eigenvalue weighted by molar-refractivity contribution is 6.42. The van der Waals surface area contributed by atoms with E-state index in [-0.39, 0.29) is 0 Å². The van der Waals surface area contributed by atoms with Crippen molar-refractivity contribution in [1.82, 2.24) is 0 Å². The Morgan fingerprint density at radius 3 is 1.08 bits per heavy atom. The Morgan fingerprint density at radius 2 is 0.788 bits per heavy atom. The van der Waals surface area contributed by atoms with Crippen molar-refractivity contribution in [2.24, 2.45) is 0 Å². The second-order valence-corrected chi connectivity index (χ2v) is 14.7. The van der Waals surface area contributed by atoms with Crippen LogP contribution < -0.4 is 19.6 Å². The molecule has 6 nitrogen and oxygen atoms in total.